The molecular weight excluding hydrogens is 265 g/mol. The van der Waals surface area contributed by atoms with Crippen LogP contribution in [0.15, 0.2) is 54.6 Å². The van der Waals surface area contributed by atoms with E-state index in [9.17, 15) is 4.57 Å². The highest BCUT2D eigenvalue weighted by Gasteiger charge is 2.15. The molecule has 0 amide bonds. The molecule has 102 valence electrons. The van der Waals surface area contributed by atoms with Crippen LogP contribution in [0.1, 0.15) is 0 Å². The first-order valence-corrected chi connectivity index (χ1v) is 7.05. The van der Waals surface area contributed by atoms with Crippen molar-refractivity contribution in [1.82, 2.24) is 0 Å². The first-order valence-electron chi connectivity index (χ1n) is 5.44. The first kappa shape index (κ1) is 15.2. The van der Waals surface area contributed by atoms with E-state index in [0.717, 1.165) is 5.69 Å². The Labute approximate surface area is 111 Å². The van der Waals surface area contributed by atoms with E-state index in [1.165, 1.54) is 31.4 Å². The molecule has 4 N–H and O–H groups in total. The van der Waals surface area contributed by atoms with Crippen molar-refractivity contribution in [3.05, 3.63) is 54.6 Å². The molecule has 0 saturated heterocycles. The zero-order valence-electron chi connectivity index (χ0n) is 10.4. The van der Waals surface area contributed by atoms with Gasteiger partial charge in [-0.3, -0.25) is 4.57 Å². The maximum absolute atomic E-state index is 10.7. The van der Waals surface area contributed by atoms with E-state index >= 15 is 0 Å². The molecular formula is C13H16NO4P. The molecule has 0 radical (unpaired) electrons. The van der Waals surface area contributed by atoms with Crippen LogP contribution >= 0.6 is 7.60 Å². The number of nitrogens with two attached hydrogens (primary N) is 1. The van der Waals surface area contributed by atoms with Gasteiger partial charge in [0.2, 0.25) is 0 Å². The van der Waals surface area contributed by atoms with Gasteiger partial charge in [0.1, 0.15) is 5.75 Å². The second kappa shape index (κ2) is 6.95. The van der Waals surface area contributed by atoms with E-state index in [1.807, 2.05) is 30.3 Å². The van der Waals surface area contributed by atoms with Crippen molar-refractivity contribution in [3.63, 3.8) is 0 Å². The lowest BCUT2D eigenvalue weighted by atomic mass is 10.3. The number of nitrogen functional groups attached to an aromatic ring is 1. The SMILES string of the molecule is COc1ccc(P(=O)(O)O)cc1.Nc1ccccc1. The van der Waals surface area contributed by atoms with E-state index < -0.39 is 7.60 Å². The average Bonchev–Trinajstić information content (AvgIpc) is 2.39. The third-order valence-electron chi connectivity index (χ3n) is 2.21. The molecule has 0 aliphatic heterocycles. The van der Waals surface area contributed by atoms with Crippen LogP contribution in [0.3, 0.4) is 0 Å². The van der Waals surface area contributed by atoms with Crippen molar-refractivity contribution in [2.75, 3.05) is 12.8 Å². The van der Waals surface area contributed by atoms with Crippen LogP contribution in [0.25, 0.3) is 0 Å². The van der Waals surface area contributed by atoms with Gasteiger partial charge in [0.15, 0.2) is 0 Å². The second-order valence-corrected chi connectivity index (χ2v) is 5.26. The molecule has 6 heteroatoms. The molecule has 0 spiro atoms. The Kier molecular flexibility index (Phi) is 5.57. The molecule has 0 aromatic heterocycles. The highest BCUT2D eigenvalue weighted by atomic mass is 31.2. The molecule has 0 unspecified atom stereocenters. The molecule has 2 aromatic rings. The Morgan fingerprint density at radius 3 is 1.84 bits per heavy atom. The molecule has 2 rings (SSSR count). The van der Waals surface area contributed by atoms with Crippen molar-refractivity contribution < 1.29 is 19.1 Å². The number of hydrogen-bond acceptors (Lipinski definition) is 3. The maximum atomic E-state index is 10.7. The zero-order chi connectivity index (χ0) is 14.3. The lowest BCUT2D eigenvalue weighted by Gasteiger charge is -2.04. The maximum Gasteiger partial charge on any atom is 0.356 e. The van der Waals surface area contributed by atoms with Gasteiger partial charge in [0, 0.05) is 5.69 Å². The molecule has 2 aromatic carbocycles. The summed E-state index contributed by atoms with van der Waals surface area (Å²) in [7, 11) is -2.61. The van der Waals surface area contributed by atoms with Crippen molar-refractivity contribution in [1.29, 1.82) is 0 Å². The summed E-state index contributed by atoms with van der Waals surface area (Å²) in [6.07, 6.45) is 0. The molecule has 19 heavy (non-hydrogen) atoms. The molecule has 0 atom stereocenters. The minimum Gasteiger partial charge on any atom is -0.497 e. The van der Waals surface area contributed by atoms with Gasteiger partial charge in [-0.15, -0.1) is 0 Å². The van der Waals surface area contributed by atoms with E-state index in [-0.39, 0.29) is 5.30 Å². The van der Waals surface area contributed by atoms with E-state index in [4.69, 9.17) is 20.3 Å². The van der Waals surface area contributed by atoms with Gasteiger partial charge in [-0.1, -0.05) is 18.2 Å². The number of rotatable bonds is 2. The van der Waals surface area contributed by atoms with Gasteiger partial charge < -0.3 is 20.3 Å². The average molecular weight is 281 g/mol. The zero-order valence-corrected chi connectivity index (χ0v) is 11.3. The van der Waals surface area contributed by atoms with Gasteiger partial charge in [0.05, 0.1) is 12.4 Å². The van der Waals surface area contributed by atoms with Crippen molar-refractivity contribution in [2.45, 2.75) is 0 Å². The molecule has 0 fully saturated rings. The standard InChI is InChI=1S/C7H9O4P.C6H7N/c1-11-6-2-4-7(5-3-6)12(8,9)10;7-6-4-2-1-3-5-6/h2-5H,1H3,(H2,8,9,10);1-5H,7H2. The van der Waals surface area contributed by atoms with Crippen molar-refractivity contribution in [3.8, 4) is 5.75 Å². The summed E-state index contributed by atoms with van der Waals surface area (Å²) < 4.78 is 15.5. The quantitative estimate of drug-likeness (QED) is 0.576. The lowest BCUT2D eigenvalue weighted by Crippen LogP contribution is -2.02. The monoisotopic (exact) mass is 281 g/mol. The third-order valence-corrected chi connectivity index (χ3v) is 3.18. The topological polar surface area (TPSA) is 92.8 Å². The van der Waals surface area contributed by atoms with Crippen LogP contribution in [-0.2, 0) is 4.57 Å². The summed E-state index contributed by atoms with van der Waals surface area (Å²) in [6.45, 7) is 0. The minimum atomic E-state index is -4.10. The molecule has 0 aliphatic carbocycles. The molecule has 0 bridgehead atoms. The van der Waals surface area contributed by atoms with Crippen LogP contribution in [0.2, 0.25) is 0 Å². The largest absolute Gasteiger partial charge is 0.497 e. The smallest absolute Gasteiger partial charge is 0.356 e. The van der Waals surface area contributed by atoms with Crippen LogP contribution < -0.4 is 15.8 Å². The van der Waals surface area contributed by atoms with Crippen molar-refractivity contribution in [2.24, 2.45) is 0 Å². The Bertz CT molecular complexity index is 536. The predicted molar refractivity (Wildman–Crippen MR) is 75.5 cm³/mol. The van der Waals surface area contributed by atoms with Crippen LogP contribution in [0.4, 0.5) is 5.69 Å². The minimum absolute atomic E-state index is 0.00306. The highest BCUT2D eigenvalue weighted by Crippen LogP contribution is 2.33. The van der Waals surface area contributed by atoms with Crippen LogP contribution in [-0.4, -0.2) is 16.9 Å². The fraction of sp³-hybridized carbons (Fsp3) is 0.0769. The van der Waals surface area contributed by atoms with Crippen LogP contribution in [0.5, 0.6) is 5.75 Å². The summed E-state index contributed by atoms with van der Waals surface area (Å²) >= 11 is 0. The number of ether oxygens (including phenoxy) is 1. The predicted octanol–water partition coefficient (Wildman–Crippen LogP) is 1.77. The third kappa shape index (κ3) is 5.57. The van der Waals surface area contributed by atoms with Crippen molar-refractivity contribution >= 4 is 18.6 Å². The highest BCUT2D eigenvalue weighted by molar-refractivity contribution is 7.60. The number of anilines is 1. The number of benzene rings is 2. The summed E-state index contributed by atoms with van der Waals surface area (Å²) in [5, 5.41) is 0.00306. The molecule has 0 heterocycles. The summed E-state index contributed by atoms with van der Waals surface area (Å²) in [4.78, 5) is 17.4. The van der Waals surface area contributed by atoms with Gasteiger partial charge in [-0.2, -0.15) is 0 Å². The van der Waals surface area contributed by atoms with E-state index in [2.05, 4.69) is 0 Å². The Morgan fingerprint density at radius 2 is 1.53 bits per heavy atom. The second-order valence-electron chi connectivity index (χ2n) is 3.65. The molecule has 0 saturated carbocycles. The number of methoxy groups -OCH3 is 1. The van der Waals surface area contributed by atoms with E-state index in [0.29, 0.717) is 5.75 Å². The molecule has 5 nitrogen and oxygen atoms in total. The summed E-state index contributed by atoms with van der Waals surface area (Å²) in [6, 6.07) is 15.2. The Balaban J connectivity index is 0.000000218. The summed E-state index contributed by atoms with van der Waals surface area (Å²) in [5.41, 5.74) is 6.18. The number of para-hydroxylation sites is 1. The van der Waals surface area contributed by atoms with Gasteiger partial charge in [0.25, 0.3) is 0 Å². The fourth-order valence-electron chi connectivity index (χ4n) is 1.23. The van der Waals surface area contributed by atoms with E-state index in [1.54, 1.807) is 0 Å². The first-order chi connectivity index (χ1) is 8.93. The van der Waals surface area contributed by atoms with Gasteiger partial charge in [-0.25, -0.2) is 0 Å². The Morgan fingerprint density at radius 1 is 1.00 bits per heavy atom. The summed E-state index contributed by atoms with van der Waals surface area (Å²) in [5.74, 6) is 0.576. The fourth-order valence-corrected chi connectivity index (χ4v) is 1.77. The normalized spacial score (nSPS) is 10.3. The van der Waals surface area contributed by atoms with Crippen LogP contribution in [0, 0.1) is 0 Å². The Hall–Kier alpha value is -1.81. The number of hydrogen-bond donors (Lipinski definition) is 3. The van der Waals surface area contributed by atoms with Gasteiger partial charge in [-0.05, 0) is 36.4 Å². The lowest BCUT2D eigenvalue weighted by molar-refractivity contribution is 0.387. The molecule has 0 aliphatic rings. The van der Waals surface area contributed by atoms with Gasteiger partial charge >= 0.3 is 7.60 Å².